The SMILES string of the molecule is CCc1ccc2cc(Nc3ccnc(Nc4ccc(OCCCN5CCCCC5)c(OC)c4)n3)cnc2c1. The van der Waals surface area contributed by atoms with Crippen LogP contribution in [0.4, 0.5) is 23.1 Å². The first-order valence-corrected chi connectivity index (χ1v) is 13.5. The highest BCUT2D eigenvalue weighted by Gasteiger charge is 2.11. The molecule has 1 fully saturated rings. The number of rotatable bonds is 11. The van der Waals surface area contributed by atoms with E-state index in [1.54, 1.807) is 13.3 Å². The molecule has 0 aliphatic carbocycles. The molecule has 0 radical (unpaired) electrons. The van der Waals surface area contributed by atoms with Crippen molar-refractivity contribution in [2.45, 2.75) is 39.0 Å². The maximum absolute atomic E-state index is 6.03. The number of nitrogens with zero attached hydrogens (tertiary/aromatic N) is 4. The van der Waals surface area contributed by atoms with Gasteiger partial charge in [0.05, 0.1) is 31.1 Å². The molecule has 0 atom stereocenters. The third-order valence-electron chi connectivity index (χ3n) is 6.83. The smallest absolute Gasteiger partial charge is 0.229 e. The third kappa shape index (κ3) is 6.69. The van der Waals surface area contributed by atoms with Gasteiger partial charge in [-0.1, -0.05) is 25.5 Å². The second-order valence-corrected chi connectivity index (χ2v) is 9.59. The molecule has 0 bridgehead atoms. The molecule has 0 amide bonds. The first-order chi connectivity index (χ1) is 18.7. The van der Waals surface area contributed by atoms with Crippen LogP contribution in [0.15, 0.2) is 60.9 Å². The number of likely N-dealkylation sites (tertiary alicyclic amines) is 1. The van der Waals surface area contributed by atoms with Gasteiger partial charge in [-0.15, -0.1) is 0 Å². The van der Waals surface area contributed by atoms with Gasteiger partial charge in [-0.3, -0.25) is 4.98 Å². The van der Waals surface area contributed by atoms with E-state index >= 15 is 0 Å². The summed E-state index contributed by atoms with van der Waals surface area (Å²) in [4.78, 5) is 16.1. The van der Waals surface area contributed by atoms with Crippen LogP contribution in [0.2, 0.25) is 0 Å². The summed E-state index contributed by atoms with van der Waals surface area (Å²) >= 11 is 0. The van der Waals surface area contributed by atoms with E-state index in [0.29, 0.717) is 24.1 Å². The first kappa shape index (κ1) is 25.7. The Morgan fingerprint density at radius 2 is 1.79 bits per heavy atom. The van der Waals surface area contributed by atoms with E-state index in [0.717, 1.165) is 47.4 Å². The molecule has 2 aromatic carbocycles. The van der Waals surface area contributed by atoms with Crippen molar-refractivity contribution in [3.8, 4) is 11.5 Å². The predicted octanol–water partition coefficient (Wildman–Crippen LogP) is 6.34. The number of methoxy groups -OCH3 is 1. The molecule has 1 saturated heterocycles. The number of hydrogen-bond donors (Lipinski definition) is 2. The van der Waals surface area contributed by atoms with Gasteiger partial charge in [0.2, 0.25) is 5.95 Å². The molecule has 4 aromatic rings. The topological polar surface area (TPSA) is 84.4 Å². The summed E-state index contributed by atoms with van der Waals surface area (Å²) in [6, 6.07) is 16.1. The summed E-state index contributed by atoms with van der Waals surface area (Å²) in [7, 11) is 1.65. The molecule has 0 spiro atoms. The van der Waals surface area contributed by atoms with Gasteiger partial charge in [-0.2, -0.15) is 4.98 Å². The summed E-state index contributed by atoms with van der Waals surface area (Å²) in [5, 5.41) is 7.68. The Balaban J connectivity index is 1.19. The number of nitrogens with one attached hydrogen (secondary N) is 2. The van der Waals surface area contributed by atoms with Crippen molar-refractivity contribution in [2.24, 2.45) is 0 Å². The Kier molecular flexibility index (Phi) is 8.50. The van der Waals surface area contributed by atoms with Crippen LogP contribution >= 0.6 is 0 Å². The van der Waals surface area contributed by atoms with Crippen LogP contribution in [0.3, 0.4) is 0 Å². The second kappa shape index (κ2) is 12.6. The fourth-order valence-electron chi connectivity index (χ4n) is 4.74. The van der Waals surface area contributed by atoms with Crippen molar-refractivity contribution in [3.05, 3.63) is 66.5 Å². The zero-order chi connectivity index (χ0) is 26.2. The van der Waals surface area contributed by atoms with Crippen LogP contribution < -0.4 is 20.1 Å². The zero-order valence-electron chi connectivity index (χ0n) is 22.2. The first-order valence-electron chi connectivity index (χ1n) is 13.5. The molecular weight excluding hydrogens is 476 g/mol. The Hall–Kier alpha value is -3.91. The molecule has 1 aliphatic rings. The van der Waals surface area contributed by atoms with Crippen LogP contribution in [0.25, 0.3) is 10.9 Å². The fraction of sp³-hybridized carbons (Fsp3) is 0.367. The number of ether oxygens (including phenoxy) is 2. The van der Waals surface area contributed by atoms with Crippen molar-refractivity contribution in [3.63, 3.8) is 0 Å². The summed E-state index contributed by atoms with van der Waals surface area (Å²) in [6.07, 6.45) is 9.53. The van der Waals surface area contributed by atoms with Gasteiger partial charge in [0.25, 0.3) is 0 Å². The van der Waals surface area contributed by atoms with E-state index in [-0.39, 0.29) is 0 Å². The summed E-state index contributed by atoms with van der Waals surface area (Å²) < 4.78 is 11.6. The summed E-state index contributed by atoms with van der Waals surface area (Å²) in [6.45, 7) is 6.32. The quantitative estimate of drug-likeness (QED) is 0.225. The Labute approximate surface area is 224 Å². The van der Waals surface area contributed by atoms with E-state index in [1.165, 1.54) is 37.9 Å². The molecule has 198 valence electrons. The van der Waals surface area contributed by atoms with Crippen molar-refractivity contribution in [1.29, 1.82) is 0 Å². The van der Waals surface area contributed by atoms with Gasteiger partial charge in [0.15, 0.2) is 11.5 Å². The van der Waals surface area contributed by atoms with E-state index in [9.17, 15) is 0 Å². The van der Waals surface area contributed by atoms with Crippen molar-refractivity contribution in [2.75, 3.05) is 44.0 Å². The Morgan fingerprint density at radius 1 is 0.895 bits per heavy atom. The van der Waals surface area contributed by atoms with Crippen molar-refractivity contribution < 1.29 is 9.47 Å². The minimum Gasteiger partial charge on any atom is -0.493 e. The van der Waals surface area contributed by atoms with E-state index in [4.69, 9.17) is 9.47 Å². The zero-order valence-corrected chi connectivity index (χ0v) is 22.2. The predicted molar refractivity (Wildman–Crippen MR) is 153 cm³/mol. The van der Waals surface area contributed by atoms with Crippen molar-refractivity contribution in [1.82, 2.24) is 19.9 Å². The molecule has 1 aliphatic heterocycles. The molecular formula is C30H36N6O2. The minimum absolute atomic E-state index is 0.480. The number of hydrogen-bond acceptors (Lipinski definition) is 8. The summed E-state index contributed by atoms with van der Waals surface area (Å²) in [5.41, 5.74) is 3.96. The lowest BCUT2D eigenvalue weighted by Crippen LogP contribution is -2.31. The van der Waals surface area contributed by atoms with Gasteiger partial charge < -0.3 is 25.0 Å². The molecule has 2 N–H and O–H groups in total. The molecule has 3 heterocycles. The number of piperidine rings is 1. The number of aromatic nitrogens is 3. The number of aryl methyl sites for hydroxylation is 1. The molecule has 38 heavy (non-hydrogen) atoms. The van der Waals surface area contributed by atoms with Gasteiger partial charge in [0.1, 0.15) is 5.82 Å². The van der Waals surface area contributed by atoms with E-state index < -0.39 is 0 Å². The lowest BCUT2D eigenvalue weighted by molar-refractivity contribution is 0.203. The summed E-state index contributed by atoms with van der Waals surface area (Å²) in [5.74, 6) is 2.57. The highest BCUT2D eigenvalue weighted by molar-refractivity contribution is 5.83. The average molecular weight is 513 g/mol. The number of benzene rings is 2. The van der Waals surface area contributed by atoms with E-state index in [2.05, 4.69) is 61.7 Å². The van der Waals surface area contributed by atoms with Gasteiger partial charge >= 0.3 is 0 Å². The lowest BCUT2D eigenvalue weighted by Gasteiger charge is -2.26. The molecule has 2 aromatic heterocycles. The standard InChI is InChI=1S/C30H36N6O2/c1-3-22-8-9-23-19-25(21-32-26(23)18-22)33-29-12-13-31-30(35-29)34-24-10-11-27(28(20-24)37-2)38-17-7-16-36-14-5-4-6-15-36/h8-13,18-21H,3-7,14-17H2,1-2H3,(H2,31,33,34,35). The molecule has 8 nitrogen and oxygen atoms in total. The van der Waals surface area contributed by atoms with Crippen LogP contribution in [-0.4, -0.2) is 53.2 Å². The highest BCUT2D eigenvalue weighted by atomic mass is 16.5. The fourth-order valence-corrected chi connectivity index (χ4v) is 4.74. The monoisotopic (exact) mass is 512 g/mol. The molecule has 0 unspecified atom stereocenters. The second-order valence-electron chi connectivity index (χ2n) is 9.59. The number of anilines is 4. The lowest BCUT2D eigenvalue weighted by atomic mass is 10.1. The third-order valence-corrected chi connectivity index (χ3v) is 6.83. The van der Waals surface area contributed by atoms with Crippen LogP contribution in [0.5, 0.6) is 11.5 Å². The molecule has 5 rings (SSSR count). The number of fused-ring (bicyclic) bond motifs is 1. The largest absolute Gasteiger partial charge is 0.493 e. The number of pyridine rings is 1. The van der Waals surface area contributed by atoms with E-state index in [1.807, 2.05) is 30.5 Å². The van der Waals surface area contributed by atoms with Crippen LogP contribution in [0, 0.1) is 0 Å². The van der Waals surface area contributed by atoms with Gasteiger partial charge in [-0.05, 0) is 74.7 Å². The maximum atomic E-state index is 6.03. The maximum Gasteiger partial charge on any atom is 0.229 e. The normalized spacial score (nSPS) is 13.8. The Morgan fingerprint density at radius 3 is 2.63 bits per heavy atom. The van der Waals surface area contributed by atoms with Crippen LogP contribution in [-0.2, 0) is 6.42 Å². The highest BCUT2D eigenvalue weighted by Crippen LogP contribution is 2.31. The minimum atomic E-state index is 0.480. The van der Waals surface area contributed by atoms with Gasteiger partial charge in [-0.25, -0.2) is 4.98 Å². The van der Waals surface area contributed by atoms with Crippen LogP contribution in [0.1, 0.15) is 38.2 Å². The average Bonchev–Trinajstić information content (AvgIpc) is 2.96. The molecule has 8 heteroatoms. The van der Waals surface area contributed by atoms with Gasteiger partial charge in [0, 0.05) is 29.9 Å². The molecule has 0 saturated carbocycles. The van der Waals surface area contributed by atoms with Crippen molar-refractivity contribution >= 4 is 34.0 Å². The Bertz CT molecular complexity index is 1360.